The summed E-state index contributed by atoms with van der Waals surface area (Å²) in [4.78, 5) is 11.0. The maximum atomic E-state index is 11.0. The van der Waals surface area contributed by atoms with Gasteiger partial charge in [-0.25, -0.2) is 0 Å². The van der Waals surface area contributed by atoms with Crippen LogP contribution in [0.1, 0.15) is 5.56 Å². The van der Waals surface area contributed by atoms with E-state index >= 15 is 0 Å². The van der Waals surface area contributed by atoms with Crippen LogP contribution in [0.2, 0.25) is 0 Å². The van der Waals surface area contributed by atoms with Crippen LogP contribution in [-0.4, -0.2) is 28.6 Å². The Balaban J connectivity index is 2.60. The molecule has 1 rings (SSSR count). The molecule has 14 heavy (non-hydrogen) atoms. The van der Waals surface area contributed by atoms with Gasteiger partial charge in [-0.15, -0.1) is 0 Å². The predicted octanol–water partition coefficient (Wildman–Crippen LogP) is -0.177. The molecule has 0 saturated heterocycles. The van der Waals surface area contributed by atoms with Gasteiger partial charge in [-0.3, -0.25) is 4.79 Å². The van der Waals surface area contributed by atoms with Gasteiger partial charge >= 0.3 is 0 Å². The van der Waals surface area contributed by atoms with Gasteiger partial charge in [0.2, 0.25) is 0 Å². The third-order valence-electron chi connectivity index (χ3n) is 1.96. The Hall–Kier alpha value is -1.39. The van der Waals surface area contributed by atoms with Gasteiger partial charge in [0, 0.05) is 0 Å². The second-order valence-electron chi connectivity index (χ2n) is 3.10. The zero-order chi connectivity index (χ0) is 10.6. The monoisotopic (exact) mass is 195 g/mol. The third kappa shape index (κ3) is 2.83. The number of hydrogen-bond acceptors (Lipinski definition) is 4. The summed E-state index contributed by atoms with van der Waals surface area (Å²) >= 11 is 0. The number of Topliss-reactive ketones (excluding diaryl/α,β-unsaturated/α-hetero) is 1. The molecule has 1 atom stereocenters. The molecule has 0 aromatic heterocycles. The number of phenols is 1. The fourth-order valence-corrected chi connectivity index (χ4v) is 1.12. The number of carbonyl (C=O) groups is 1. The van der Waals surface area contributed by atoms with Gasteiger partial charge in [-0.2, -0.15) is 0 Å². The molecular formula is C10H13NO3. The molecule has 0 aliphatic rings. The molecule has 76 valence electrons. The van der Waals surface area contributed by atoms with Crippen LogP contribution in [0, 0.1) is 0 Å². The minimum absolute atomic E-state index is 0.177. The highest BCUT2D eigenvalue weighted by Gasteiger charge is 2.12. The first-order chi connectivity index (χ1) is 6.63. The number of carbonyl (C=O) groups excluding carboxylic acids is 1. The van der Waals surface area contributed by atoms with Crippen LogP contribution in [0.5, 0.6) is 5.75 Å². The number of phenolic OH excluding ortho intramolecular Hbond substituents is 1. The number of nitrogens with two attached hydrogens (primary N) is 1. The number of ketones is 1. The fraction of sp³-hybridized carbons (Fsp3) is 0.300. The van der Waals surface area contributed by atoms with Crippen molar-refractivity contribution < 1.29 is 15.0 Å². The first-order valence-corrected chi connectivity index (χ1v) is 4.30. The predicted molar refractivity (Wildman–Crippen MR) is 51.9 cm³/mol. The Morgan fingerprint density at radius 3 is 2.43 bits per heavy atom. The molecule has 0 saturated carbocycles. The van der Waals surface area contributed by atoms with Crippen molar-refractivity contribution in [1.82, 2.24) is 0 Å². The summed E-state index contributed by atoms with van der Waals surface area (Å²) in [6.45, 7) is -0.529. The summed E-state index contributed by atoms with van der Waals surface area (Å²) in [5.74, 6) is -0.200. The lowest BCUT2D eigenvalue weighted by Gasteiger charge is -2.08. The molecule has 0 amide bonds. The van der Waals surface area contributed by atoms with Crippen molar-refractivity contribution in [2.24, 2.45) is 5.73 Å². The van der Waals surface area contributed by atoms with E-state index in [2.05, 4.69) is 0 Å². The van der Waals surface area contributed by atoms with Gasteiger partial charge in [0.15, 0.2) is 5.78 Å². The lowest BCUT2D eigenvalue weighted by atomic mass is 10.0. The largest absolute Gasteiger partial charge is 0.508 e. The highest BCUT2D eigenvalue weighted by atomic mass is 16.3. The molecule has 0 aliphatic heterocycles. The van der Waals surface area contributed by atoms with Gasteiger partial charge in [0.1, 0.15) is 12.4 Å². The number of benzene rings is 1. The third-order valence-corrected chi connectivity index (χ3v) is 1.96. The van der Waals surface area contributed by atoms with Crippen molar-refractivity contribution >= 4 is 5.78 Å². The van der Waals surface area contributed by atoms with Crippen LogP contribution in [0.3, 0.4) is 0 Å². The number of aromatic hydroxyl groups is 1. The zero-order valence-electron chi connectivity index (χ0n) is 7.68. The Morgan fingerprint density at radius 1 is 1.36 bits per heavy atom. The Bertz CT molecular complexity index is 308. The SMILES string of the molecule is N[C@@H](Cc1ccc(O)cc1)C(=O)CO. The van der Waals surface area contributed by atoms with Crippen LogP contribution < -0.4 is 5.73 Å². The van der Waals surface area contributed by atoms with E-state index < -0.39 is 12.6 Å². The van der Waals surface area contributed by atoms with Crippen molar-refractivity contribution in [2.75, 3.05) is 6.61 Å². The zero-order valence-corrected chi connectivity index (χ0v) is 7.68. The summed E-state index contributed by atoms with van der Waals surface area (Å²) in [6, 6.07) is 5.78. The van der Waals surface area contributed by atoms with Crippen molar-refractivity contribution in [3.63, 3.8) is 0 Å². The standard InChI is InChI=1S/C10H13NO3/c11-9(10(14)6-12)5-7-1-3-8(13)4-2-7/h1-4,9,12-13H,5-6,11H2/t9-/m0/s1. The summed E-state index contributed by atoms with van der Waals surface area (Å²) in [7, 11) is 0. The van der Waals surface area contributed by atoms with Crippen molar-refractivity contribution in [3.05, 3.63) is 29.8 Å². The quantitative estimate of drug-likeness (QED) is 0.622. The molecule has 4 N–H and O–H groups in total. The Morgan fingerprint density at radius 2 is 1.93 bits per heavy atom. The molecule has 0 radical (unpaired) electrons. The maximum Gasteiger partial charge on any atom is 0.175 e. The first-order valence-electron chi connectivity index (χ1n) is 4.30. The van der Waals surface area contributed by atoms with Crippen LogP contribution in [0.25, 0.3) is 0 Å². The number of rotatable bonds is 4. The Labute approximate surface area is 82.0 Å². The normalized spacial score (nSPS) is 12.4. The molecule has 1 aromatic carbocycles. The number of aliphatic hydroxyl groups is 1. The lowest BCUT2D eigenvalue weighted by molar-refractivity contribution is -0.122. The molecule has 0 unspecified atom stereocenters. The van der Waals surface area contributed by atoms with Crippen molar-refractivity contribution in [2.45, 2.75) is 12.5 Å². The second kappa shape index (κ2) is 4.74. The minimum atomic E-state index is -0.676. The molecule has 0 bridgehead atoms. The fourth-order valence-electron chi connectivity index (χ4n) is 1.12. The highest BCUT2D eigenvalue weighted by molar-refractivity contribution is 5.84. The van der Waals surface area contributed by atoms with Crippen LogP contribution >= 0.6 is 0 Å². The molecular weight excluding hydrogens is 182 g/mol. The van der Waals surface area contributed by atoms with Gasteiger partial charge < -0.3 is 15.9 Å². The lowest BCUT2D eigenvalue weighted by Crippen LogP contribution is -2.34. The van der Waals surface area contributed by atoms with E-state index in [1.54, 1.807) is 12.1 Å². The maximum absolute atomic E-state index is 11.0. The van der Waals surface area contributed by atoms with Crippen molar-refractivity contribution in [3.8, 4) is 5.75 Å². The Kier molecular flexibility index (Phi) is 3.62. The molecule has 0 aliphatic carbocycles. The summed E-state index contributed by atoms with van der Waals surface area (Å²) in [5.41, 5.74) is 6.38. The molecule has 4 heteroatoms. The van der Waals surface area contributed by atoms with E-state index in [4.69, 9.17) is 15.9 Å². The van der Waals surface area contributed by atoms with E-state index in [1.807, 2.05) is 0 Å². The molecule has 1 aromatic rings. The average molecular weight is 195 g/mol. The molecule has 4 nitrogen and oxygen atoms in total. The van der Waals surface area contributed by atoms with Gasteiger partial charge in [0.25, 0.3) is 0 Å². The van der Waals surface area contributed by atoms with E-state index in [0.29, 0.717) is 6.42 Å². The van der Waals surface area contributed by atoms with E-state index in [1.165, 1.54) is 12.1 Å². The van der Waals surface area contributed by atoms with E-state index in [0.717, 1.165) is 5.56 Å². The minimum Gasteiger partial charge on any atom is -0.508 e. The second-order valence-corrected chi connectivity index (χ2v) is 3.10. The van der Waals surface area contributed by atoms with Gasteiger partial charge in [-0.05, 0) is 24.1 Å². The molecule has 0 fully saturated rings. The summed E-state index contributed by atoms with van der Waals surface area (Å²) in [5, 5.41) is 17.6. The number of hydrogen-bond donors (Lipinski definition) is 3. The van der Waals surface area contributed by atoms with Crippen molar-refractivity contribution in [1.29, 1.82) is 0 Å². The van der Waals surface area contributed by atoms with E-state index in [9.17, 15) is 4.79 Å². The van der Waals surface area contributed by atoms with Gasteiger partial charge in [-0.1, -0.05) is 12.1 Å². The molecule has 0 spiro atoms. The molecule has 0 heterocycles. The average Bonchev–Trinajstić information content (AvgIpc) is 2.20. The smallest absolute Gasteiger partial charge is 0.175 e. The van der Waals surface area contributed by atoms with E-state index in [-0.39, 0.29) is 11.5 Å². The topological polar surface area (TPSA) is 83.5 Å². The van der Waals surface area contributed by atoms with Gasteiger partial charge in [0.05, 0.1) is 6.04 Å². The van der Waals surface area contributed by atoms with Crippen LogP contribution in [0.15, 0.2) is 24.3 Å². The summed E-state index contributed by atoms with van der Waals surface area (Å²) < 4.78 is 0. The summed E-state index contributed by atoms with van der Waals surface area (Å²) in [6.07, 6.45) is 0.375. The van der Waals surface area contributed by atoms with Crippen LogP contribution in [-0.2, 0) is 11.2 Å². The first kappa shape index (κ1) is 10.7. The number of aliphatic hydroxyl groups excluding tert-OH is 1. The van der Waals surface area contributed by atoms with Crippen LogP contribution in [0.4, 0.5) is 0 Å². The highest BCUT2D eigenvalue weighted by Crippen LogP contribution is 2.10.